The van der Waals surface area contributed by atoms with Gasteiger partial charge in [-0.25, -0.2) is 0 Å². The van der Waals surface area contributed by atoms with Crippen molar-refractivity contribution in [3.05, 3.63) is 0 Å². The molecule has 0 amide bonds. The second-order valence-corrected chi connectivity index (χ2v) is 7.49. The molecule has 0 bridgehead atoms. The Morgan fingerprint density at radius 2 is 2.00 bits per heavy atom. The van der Waals surface area contributed by atoms with Gasteiger partial charge in [0.25, 0.3) is 0 Å². The summed E-state index contributed by atoms with van der Waals surface area (Å²) in [6.45, 7) is 7.01. The molecular weight excluding hydrogens is 294 g/mol. The summed E-state index contributed by atoms with van der Waals surface area (Å²) in [7, 11) is 0. The summed E-state index contributed by atoms with van der Waals surface area (Å²) < 4.78 is 11.4. The molecule has 3 fully saturated rings. The molecule has 0 saturated carbocycles. The maximum atomic E-state index is 11.8. The molecule has 3 heterocycles. The molecule has 0 radical (unpaired) electrons. The van der Waals surface area contributed by atoms with Crippen LogP contribution in [-0.2, 0) is 19.1 Å². The Kier molecular flexibility index (Phi) is 4.95. The summed E-state index contributed by atoms with van der Waals surface area (Å²) in [5.41, 5.74) is 0. The van der Waals surface area contributed by atoms with E-state index in [1.807, 2.05) is 13.8 Å². The second kappa shape index (κ2) is 6.80. The van der Waals surface area contributed by atoms with Crippen molar-refractivity contribution in [3.63, 3.8) is 0 Å². The van der Waals surface area contributed by atoms with Gasteiger partial charge in [-0.05, 0) is 44.6 Å². The van der Waals surface area contributed by atoms with E-state index in [0.29, 0.717) is 18.4 Å². The third-order valence-corrected chi connectivity index (χ3v) is 5.87. The Morgan fingerprint density at radius 1 is 1.26 bits per heavy atom. The van der Waals surface area contributed by atoms with E-state index in [-0.39, 0.29) is 36.1 Å². The summed E-state index contributed by atoms with van der Waals surface area (Å²) in [4.78, 5) is 26.1. The number of rotatable bonds is 3. The molecule has 5 nitrogen and oxygen atoms in total. The van der Waals surface area contributed by atoms with Crippen LogP contribution in [0.5, 0.6) is 0 Å². The average Bonchev–Trinajstić information content (AvgIpc) is 3.04. The fraction of sp³-hybridized carbons (Fsp3) is 0.889. The van der Waals surface area contributed by atoms with Gasteiger partial charge in [-0.3, -0.25) is 14.5 Å². The topological polar surface area (TPSA) is 55.8 Å². The molecule has 3 aliphatic rings. The Morgan fingerprint density at radius 3 is 2.65 bits per heavy atom. The molecule has 5 heteroatoms. The van der Waals surface area contributed by atoms with Gasteiger partial charge in [0.15, 0.2) is 0 Å². The van der Waals surface area contributed by atoms with Crippen molar-refractivity contribution in [2.75, 3.05) is 6.54 Å². The number of fused-ring (bicyclic) bond motifs is 1. The van der Waals surface area contributed by atoms with E-state index in [0.717, 1.165) is 38.6 Å². The zero-order valence-electron chi connectivity index (χ0n) is 14.5. The van der Waals surface area contributed by atoms with Gasteiger partial charge in [0.1, 0.15) is 12.2 Å². The van der Waals surface area contributed by atoms with Crippen LogP contribution in [0.25, 0.3) is 0 Å². The van der Waals surface area contributed by atoms with E-state index in [2.05, 4.69) is 11.8 Å². The number of cyclic esters (lactones) is 1. The summed E-state index contributed by atoms with van der Waals surface area (Å²) in [5, 5.41) is 0. The molecule has 130 valence electrons. The van der Waals surface area contributed by atoms with Gasteiger partial charge in [0.2, 0.25) is 0 Å². The lowest BCUT2D eigenvalue weighted by Crippen LogP contribution is -2.48. The summed E-state index contributed by atoms with van der Waals surface area (Å²) in [6, 6.07) is 0.574. The molecule has 1 unspecified atom stereocenters. The number of hydrogen-bond donors (Lipinski definition) is 0. The van der Waals surface area contributed by atoms with Crippen molar-refractivity contribution in [2.45, 2.75) is 83.6 Å². The highest BCUT2D eigenvalue weighted by Gasteiger charge is 2.48. The third-order valence-electron chi connectivity index (χ3n) is 5.87. The highest BCUT2D eigenvalue weighted by molar-refractivity contribution is 5.74. The zero-order chi connectivity index (χ0) is 16.6. The Bertz CT molecular complexity index is 466. The maximum Gasteiger partial charge on any atom is 0.309 e. The molecule has 23 heavy (non-hydrogen) atoms. The minimum atomic E-state index is -0.104. The summed E-state index contributed by atoms with van der Waals surface area (Å²) in [5.74, 6) is 0.242. The molecule has 3 saturated heterocycles. The van der Waals surface area contributed by atoms with Crippen LogP contribution in [0.15, 0.2) is 0 Å². The van der Waals surface area contributed by atoms with Gasteiger partial charge in [-0.2, -0.15) is 0 Å². The van der Waals surface area contributed by atoms with Crippen LogP contribution in [0.4, 0.5) is 0 Å². The van der Waals surface area contributed by atoms with Gasteiger partial charge in [-0.1, -0.05) is 20.8 Å². The van der Waals surface area contributed by atoms with Crippen molar-refractivity contribution in [3.8, 4) is 0 Å². The normalized spacial score (nSPS) is 41.3. The van der Waals surface area contributed by atoms with Crippen molar-refractivity contribution in [1.82, 2.24) is 4.90 Å². The van der Waals surface area contributed by atoms with E-state index >= 15 is 0 Å². The van der Waals surface area contributed by atoms with Crippen LogP contribution in [0.1, 0.15) is 59.3 Å². The van der Waals surface area contributed by atoms with Crippen LogP contribution in [0.3, 0.4) is 0 Å². The first-order valence-corrected chi connectivity index (χ1v) is 9.17. The quantitative estimate of drug-likeness (QED) is 0.747. The molecule has 6 atom stereocenters. The lowest BCUT2D eigenvalue weighted by molar-refractivity contribution is -0.155. The second-order valence-electron chi connectivity index (χ2n) is 7.49. The van der Waals surface area contributed by atoms with E-state index in [1.165, 1.54) is 0 Å². The molecular formula is C18H29NO4. The number of carbonyl (C=O) groups excluding carboxylic acids is 2. The first kappa shape index (κ1) is 16.7. The largest absolute Gasteiger partial charge is 0.460 e. The van der Waals surface area contributed by atoms with Gasteiger partial charge in [-0.15, -0.1) is 0 Å². The predicted molar refractivity (Wildman–Crippen MR) is 85.7 cm³/mol. The van der Waals surface area contributed by atoms with Crippen molar-refractivity contribution in [1.29, 1.82) is 0 Å². The van der Waals surface area contributed by atoms with Gasteiger partial charge in [0.05, 0.1) is 5.92 Å². The third kappa shape index (κ3) is 3.25. The minimum absolute atomic E-state index is 0.0124. The van der Waals surface area contributed by atoms with Crippen molar-refractivity contribution < 1.29 is 19.1 Å². The lowest BCUT2D eigenvalue weighted by Gasteiger charge is -2.35. The van der Waals surface area contributed by atoms with Crippen LogP contribution in [0, 0.1) is 11.8 Å². The molecule has 0 spiro atoms. The molecule has 3 aliphatic heterocycles. The first-order valence-electron chi connectivity index (χ1n) is 9.17. The predicted octanol–water partition coefficient (Wildman–Crippen LogP) is 2.52. The van der Waals surface area contributed by atoms with E-state index in [9.17, 15) is 9.59 Å². The Balaban J connectivity index is 1.74. The number of nitrogens with zero attached hydrogens (tertiary/aromatic N) is 1. The fourth-order valence-corrected chi connectivity index (χ4v) is 4.57. The van der Waals surface area contributed by atoms with E-state index in [4.69, 9.17) is 9.47 Å². The first-order chi connectivity index (χ1) is 11.0. The van der Waals surface area contributed by atoms with Gasteiger partial charge in [0, 0.05) is 18.5 Å². The van der Waals surface area contributed by atoms with Crippen LogP contribution < -0.4 is 0 Å². The highest BCUT2D eigenvalue weighted by atomic mass is 16.6. The SMILES string of the molecule is CCC(=O)O[C@@H]1[C@H](C)CCCN2C([C@@H]3C[C@H](C)C(=O)O3)CC[C@@H]12. The summed E-state index contributed by atoms with van der Waals surface area (Å²) >= 11 is 0. The number of ether oxygens (including phenoxy) is 2. The molecule has 0 aromatic rings. The standard InChI is InChI=1S/C18H29NO4/c1-4-16(20)23-17-11(2)6-5-9-19-13(7-8-14(17)19)15-10-12(3)18(21)22-15/h11-15,17H,4-10H2,1-3H3/t11-,12+,13?,14+,15+,17-/m1/s1. The zero-order valence-corrected chi connectivity index (χ0v) is 14.5. The Hall–Kier alpha value is -1.10. The van der Waals surface area contributed by atoms with E-state index in [1.54, 1.807) is 0 Å². The van der Waals surface area contributed by atoms with Gasteiger partial charge >= 0.3 is 11.9 Å². The van der Waals surface area contributed by atoms with Crippen molar-refractivity contribution >= 4 is 11.9 Å². The lowest BCUT2D eigenvalue weighted by atomic mass is 9.93. The van der Waals surface area contributed by atoms with Gasteiger partial charge < -0.3 is 9.47 Å². The smallest absolute Gasteiger partial charge is 0.309 e. The molecule has 0 N–H and O–H groups in total. The molecule has 0 aliphatic carbocycles. The van der Waals surface area contributed by atoms with E-state index < -0.39 is 0 Å². The number of hydrogen-bond acceptors (Lipinski definition) is 5. The fourth-order valence-electron chi connectivity index (χ4n) is 4.57. The minimum Gasteiger partial charge on any atom is -0.460 e. The molecule has 0 aromatic heterocycles. The molecule has 0 aromatic carbocycles. The van der Waals surface area contributed by atoms with Crippen LogP contribution in [0.2, 0.25) is 0 Å². The highest BCUT2D eigenvalue weighted by Crippen LogP contribution is 2.39. The number of carbonyl (C=O) groups is 2. The maximum absolute atomic E-state index is 11.8. The van der Waals surface area contributed by atoms with Crippen LogP contribution >= 0.6 is 0 Å². The number of esters is 2. The average molecular weight is 323 g/mol. The Labute approximate surface area is 138 Å². The summed E-state index contributed by atoms with van der Waals surface area (Å²) in [6.07, 6.45) is 5.50. The van der Waals surface area contributed by atoms with Crippen LogP contribution in [-0.4, -0.2) is 47.7 Å². The van der Waals surface area contributed by atoms with Crippen molar-refractivity contribution in [2.24, 2.45) is 11.8 Å². The monoisotopic (exact) mass is 323 g/mol. The molecule has 3 rings (SSSR count).